The number of nitrogens with zero attached hydrogens (tertiary/aromatic N) is 1. The first-order valence-corrected chi connectivity index (χ1v) is 8.97. The van der Waals surface area contributed by atoms with Crippen molar-refractivity contribution in [3.8, 4) is 0 Å². The average Bonchev–Trinajstić information content (AvgIpc) is 2.57. The number of aryl methyl sites for hydroxylation is 1. The smallest absolute Gasteiger partial charge is 0.319 e. The second-order valence-corrected chi connectivity index (χ2v) is 7.01. The molecule has 3 N–H and O–H groups in total. The molecule has 1 aliphatic rings. The Bertz CT molecular complexity index is 539. The third-order valence-corrected chi connectivity index (χ3v) is 4.95. The molecular formula is C19H31N3O2. The molecule has 1 aromatic rings. The minimum atomic E-state index is -0.181. The van der Waals surface area contributed by atoms with Gasteiger partial charge in [-0.1, -0.05) is 19.3 Å². The number of anilines is 2. The summed E-state index contributed by atoms with van der Waals surface area (Å²) in [5, 5.41) is 15.4. The monoisotopic (exact) mass is 333 g/mol. The molecule has 1 aliphatic carbocycles. The van der Waals surface area contributed by atoms with Crippen LogP contribution in [0.15, 0.2) is 18.2 Å². The maximum Gasteiger partial charge on any atom is 0.319 e. The van der Waals surface area contributed by atoms with E-state index in [-0.39, 0.29) is 18.7 Å². The fourth-order valence-corrected chi connectivity index (χ4v) is 3.49. The first-order chi connectivity index (χ1) is 11.5. The Morgan fingerprint density at radius 3 is 2.58 bits per heavy atom. The quantitative estimate of drug-likeness (QED) is 0.746. The van der Waals surface area contributed by atoms with E-state index >= 15 is 0 Å². The highest BCUT2D eigenvalue weighted by atomic mass is 16.3. The third kappa shape index (κ3) is 5.13. The number of aliphatic hydroxyl groups is 1. The molecule has 24 heavy (non-hydrogen) atoms. The lowest BCUT2D eigenvalue weighted by Gasteiger charge is -2.30. The van der Waals surface area contributed by atoms with E-state index in [0.717, 1.165) is 29.8 Å². The Labute approximate surface area is 145 Å². The van der Waals surface area contributed by atoms with Crippen LogP contribution in [0.1, 0.15) is 44.1 Å². The summed E-state index contributed by atoms with van der Waals surface area (Å²) in [6.45, 7) is 2.10. The molecule has 0 radical (unpaired) electrons. The molecule has 5 heteroatoms. The first-order valence-electron chi connectivity index (χ1n) is 8.97. The van der Waals surface area contributed by atoms with Gasteiger partial charge in [0.2, 0.25) is 0 Å². The van der Waals surface area contributed by atoms with Crippen molar-refractivity contribution < 1.29 is 9.90 Å². The zero-order valence-electron chi connectivity index (χ0n) is 15.1. The van der Waals surface area contributed by atoms with Gasteiger partial charge >= 0.3 is 6.03 Å². The predicted octanol–water partition coefficient (Wildman–Crippen LogP) is 3.51. The van der Waals surface area contributed by atoms with Gasteiger partial charge in [0.15, 0.2) is 0 Å². The van der Waals surface area contributed by atoms with Crippen molar-refractivity contribution in [1.29, 1.82) is 0 Å². The van der Waals surface area contributed by atoms with Crippen LogP contribution in [0.25, 0.3) is 0 Å². The highest BCUT2D eigenvalue weighted by molar-refractivity contribution is 5.90. The number of amides is 2. The van der Waals surface area contributed by atoms with Crippen LogP contribution in [0, 0.1) is 12.8 Å². The maximum atomic E-state index is 12.4. The average molecular weight is 333 g/mol. The Morgan fingerprint density at radius 2 is 2.00 bits per heavy atom. The Balaban J connectivity index is 1.97. The van der Waals surface area contributed by atoms with Gasteiger partial charge in [-0.25, -0.2) is 4.79 Å². The summed E-state index contributed by atoms with van der Waals surface area (Å²) in [4.78, 5) is 14.4. The number of carbonyl (C=O) groups excluding carboxylic acids is 1. The predicted molar refractivity (Wildman–Crippen MR) is 99.7 cm³/mol. The van der Waals surface area contributed by atoms with Gasteiger partial charge < -0.3 is 20.6 Å². The van der Waals surface area contributed by atoms with Gasteiger partial charge in [0.05, 0.1) is 0 Å². The maximum absolute atomic E-state index is 12.4. The fourth-order valence-electron chi connectivity index (χ4n) is 3.49. The molecule has 1 atom stereocenters. The summed E-state index contributed by atoms with van der Waals surface area (Å²) in [7, 11) is 4.00. The SMILES string of the molecule is Cc1cc(N(C)C)ccc1NC(=O)NC(CCO)C1CCCCC1. The number of carbonyl (C=O) groups is 1. The lowest BCUT2D eigenvalue weighted by Crippen LogP contribution is -2.43. The molecule has 134 valence electrons. The first kappa shape index (κ1) is 18.6. The Kier molecular flexibility index (Phi) is 6.91. The van der Waals surface area contributed by atoms with E-state index in [1.807, 2.05) is 38.1 Å². The molecule has 0 bridgehead atoms. The summed E-state index contributed by atoms with van der Waals surface area (Å²) in [6.07, 6.45) is 6.63. The topological polar surface area (TPSA) is 64.6 Å². The van der Waals surface area contributed by atoms with Crippen molar-refractivity contribution in [2.75, 3.05) is 30.9 Å². The highest BCUT2D eigenvalue weighted by Crippen LogP contribution is 2.28. The van der Waals surface area contributed by atoms with E-state index in [4.69, 9.17) is 0 Å². The van der Waals surface area contributed by atoms with Crippen LogP contribution >= 0.6 is 0 Å². The van der Waals surface area contributed by atoms with Gasteiger partial charge in [-0.05, 0) is 55.9 Å². The number of aliphatic hydroxyl groups excluding tert-OH is 1. The van der Waals surface area contributed by atoms with Gasteiger partial charge in [-0.3, -0.25) is 0 Å². The van der Waals surface area contributed by atoms with Crippen LogP contribution in [0.2, 0.25) is 0 Å². The molecule has 5 nitrogen and oxygen atoms in total. The van der Waals surface area contributed by atoms with Crippen LogP contribution in [-0.4, -0.2) is 37.9 Å². The minimum Gasteiger partial charge on any atom is -0.396 e. The van der Waals surface area contributed by atoms with Gasteiger partial charge in [0.1, 0.15) is 0 Å². The molecule has 0 aliphatic heterocycles. The second kappa shape index (κ2) is 8.92. The number of hydrogen-bond acceptors (Lipinski definition) is 3. The highest BCUT2D eigenvalue weighted by Gasteiger charge is 2.24. The normalized spacial score (nSPS) is 16.5. The van der Waals surface area contributed by atoms with E-state index in [2.05, 4.69) is 16.7 Å². The molecule has 0 saturated heterocycles. The lowest BCUT2D eigenvalue weighted by atomic mass is 9.83. The van der Waals surface area contributed by atoms with Crippen LogP contribution < -0.4 is 15.5 Å². The molecule has 1 unspecified atom stereocenters. The second-order valence-electron chi connectivity index (χ2n) is 7.01. The van der Waals surface area contributed by atoms with Gasteiger partial charge in [0, 0.05) is 38.1 Å². The molecule has 0 spiro atoms. The molecule has 2 amide bonds. The van der Waals surface area contributed by atoms with E-state index in [1.165, 1.54) is 19.3 Å². The zero-order valence-corrected chi connectivity index (χ0v) is 15.1. The molecule has 1 saturated carbocycles. The molecular weight excluding hydrogens is 302 g/mol. The van der Waals surface area contributed by atoms with Gasteiger partial charge in [-0.15, -0.1) is 0 Å². The third-order valence-electron chi connectivity index (χ3n) is 4.95. The van der Waals surface area contributed by atoms with Gasteiger partial charge in [0.25, 0.3) is 0 Å². The molecule has 1 aromatic carbocycles. The molecule has 1 fully saturated rings. The van der Waals surface area contributed by atoms with Crippen molar-refractivity contribution in [3.05, 3.63) is 23.8 Å². The van der Waals surface area contributed by atoms with Crippen LogP contribution in [-0.2, 0) is 0 Å². The van der Waals surface area contributed by atoms with Crippen molar-refractivity contribution in [1.82, 2.24) is 5.32 Å². The van der Waals surface area contributed by atoms with Gasteiger partial charge in [-0.2, -0.15) is 0 Å². The summed E-state index contributed by atoms with van der Waals surface area (Å²) in [5.41, 5.74) is 2.97. The van der Waals surface area contributed by atoms with Crippen molar-refractivity contribution in [2.45, 2.75) is 51.5 Å². The number of urea groups is 1. The molecule has 0 aromatic heterocycles. The summed E-state index contributed by atoms with van der Waals surface area (Å²) >= 11 is 0. The van der Waals surface area contributed by atoms with Crippen molar-refractivity contribution in [2.24, 2.45) is 5.92 Å². The zero-order chi connectivity index (χ0) is 17.5. The largest absolute Gasteiger partial charge is 0.396 e. The summed E-state index contributed by atoms with van der Waals surface area (Å²) in [6, 6.07) is 5.86. The van der Waals surface area contributed by atoms with E-state index < -0.39 is 0 Å². The van der Waals surface area contributed by atoms with E-state index in [1.54, 1.807) is 0 Å². The standard InChI is InChI=1S/C19H31N3O2/c1-14-13-16(22(2)3)9-10-17(14)20-19(24)21-18(11-12-23)15-7-5-4-6-8-15/h9-10,13,15,18,23H,4-8,11-12H2,1-3H3,(H2,20,21,24). The van der Waals surface area contributed by atoms with Crippen molar-refractivity contribution >= 4 is 17.4 Å². The lowest BCUT2D eigenvalue weighted by molar-refractivity contribution is 0.202. The van der Waals surface area contributed by atoms with E-state index in [9.17, 15) is 9.90 Å². The minimum absolute atomic E-state index is 0.0525. The number of rotatable bonds is 6. The molecule has 0 heterocycles. The van der Waals surface area contributed by atoms with Crippen LogP contribution in [0.3, 0.4) is 0 Å². The Morgan fingerprint density at radius 1 is 1.29 bits per heavy atom. The Hall–Kier alpha value is -1.75. The number of benzene rings is 1. The fraction of sp³-hybridized carbons (Fsp3) is 0.632. The van der Waals surface area contributed by atoms with E-state index in [0.29, 0.717) is 12.3 Å². The molecule has 2 rings (SSSR count). The van der Waals surface area contributed by atoms with Crippen molar-refractivity contribution in [3.63, 3.8) is 0 Å². The van der Waals surface area contributed by atoms with Crippen LogP contribution in [0.5, 0.6) is 0 Å². The summed E-state index contributed by atoms with van der Waals surface area (Å²) in [5.74, 6) is 0.480. The number of hydrogen-bond donors (Lipinski definition) is 3. The number of nitrogens with one attached hydrogen (secondary N) is 2. The van der Waals surface area contributed by atoms with Crippen LogP contribution in [0.4, 0.5) is 16.2 Å². The summed E-state index contributed by atoms with van der Waals surface area (Å²) < 4.78 is 0.